The second kappa shape index (κ2) is 9.43. The van der Waals surface area contributed by atoms with Gasteiger partial charge in [-0.15, -0.1) is 0 Å². The Bertz CT molecular complexity index is 1250. The van der Waals surface area contributed by atoms with Gasteiger partial charge in [0.2, 0.25) is 16.0 Å². The molecular weight excluding hydrogens is 454 g/mol. The van der Waals surface area contributed by atoms with Crippen molar-refractivity contribution in [2.75, 3.05) is 50.1 Å². The van der Waals surface area contributed by atoms with E-state index in [9.17, 15) is 8.42 Å². The van der Waals surface area contributed by atoms with Crippen molar-refractivity contribution >= 4 is 33.0 Å². The first-order chi connectivity index (χ1) is 16.3. The summed E-state index contributed by atoms with van der Waals surface area (Å²) in [6.45, 7) is 3.03. The number of piperidine rings is 2. The van der Waals surface area contributed by atoms with Crippen molar-refractivity contribution in [2.24, 2.45) is 0 Å². The molecule has 0 radical (unpaired) electrons. The summed E-state index contributed by atoms with van der Waals surface area (Å²) in [5, 5.41) is 6.98. The van der Waals surface area contributed by atoms with Crippen LogP contribution < -0.4 is 10.6 Å². The van der Waals surface area contributed by atoms with E-state index in [1.807, 2.05) is 6.07 Å². The van der Waals surface area contributed by atoms with Gasteiger partial charge in [-0.3, -0.25) is 0 Å². The third-order valence-corrected chi connectivity index (χ3v) is 7.84. The van der Waals surface area contributed by atoms with Crippen LogP contribution in [0.25, 0.3) is 22.4 Å². The molecule has 5 heterocycles. The Kier molecular flexibility index (Phi) is 6.36. The molecule has 11 nitrogen and oxygen atoms in total. The van der Waals surface area contributed by atoms with Crippen LogP contribution in [0.2, 0.25) is 0 Å². The van der Waals surface area contributed by atoms with Gasteiger partial charge in [0.15, 0.2) is 5.65 Å². The minimum atomic E-state index is -3.24. The third-order valence-electron chi connectivity index (χ3n) is 6.57. The number of aromatic nitrogens is 5. The van der Waals surface area contributed by atoms with E-state index in [0.29, 0.717) is 36.6 Å². The van der Waals surface area contributed by atoms with Crippen LogP contribution in [0.15, 0.2) is 24.7 Å². The van der Waals surface area contributed by atoms with Gasteiger partial charge in [0, 0.05) is 37.6 Å². The van der Waals surface area contributed by atoms with E-state index in [1.54, 1.807) is 18.6 Å². The lowest BCUT2D eigenvalue weighted by molar-refractivity contribution is 0.263. The topological polar surface area (TPSA) is 132 Å². The van der Waals surface area contributed by atoms with Crippen LogP contribution in [0, 0.1) is 0 Å². The highest BCUT2D eigenvalue weighted by Gasteiger charge is 2.27. The van der Waals surface area contributed by atoms with Gasteiger partial charge in [-0.25, -0.2) is 27.7 Å². The number of aromatic amines is 1. The van der Waals surface area contributed by atoms with Gasteiger partial charge in [-0.05, 0) is 51.9 Å². The Balaban J connectivity index is 1.44. The molecule has 3 aromatic heterocycles. The second-order valence-electron chi connectivity index (χ2n) is 9.25. The van der Waals surface area contributed by atoms with Crippen molar-refractivity contribution in [1.82, 2.24) is 34.1 Å². The molecule has 34 heavy (non-hydrogen) atoms. The third kappa shape index (κ3) is 5.13. The minimum Gasteiger partial charge on any atom is -0.365 e. The van der Waals surface area contributed by atoms with Gasteiger partial charge in [0.1, 0.15) is 11.3 Å². The van der Waals surface area contributed by atoms with Gasteiger partial charge < -0.3 is 20.5 Å². The van der Waals surface area contributed by atoms with Crippen molar-refractivity contribution in [1.29, 1.82) is 0 Å². The van der Waals surface area contributed by atoms with E-state index in [0.717, 1.165) is 55.5 Å². The number of nitrogens with one attached hydrogen (secondary N) is 3. The number of hydrogen-bond donors (Lipinski definition) is 3. The molecule has 2 saturated heterocycles. The van der Waals surface area contributed by atoms with Crippen LogP contribution in [0.1, 0.15) is 25.7 Å². The smallest absolute Gasteiger partial charge is 0.224 e. The molecule has 0 amide bonds. The fourth-order valence-electron chi connectivity index (χ4n) is 4.60. The lowest BCUT2D eigenvalue weighted by Gasteiger charge is -2.32. The summed E-state index contributed by atoms with van der Waals surface area (Å²) < 4.78 is 25.7. The Hall–Kier alpha value is -2.83. The van der Waals surface area contributed by atoms with Crippen LogP contribution in [-0.2, 0) is 10.0 Å². The molecule has 1 atom stereocenters. The van der Waals surface area contributed by atoms with E-state index in [4.69, 9.17) is 9.97 Å². The zero-order valence-electron chi connectivity index (χ0n) is 19.5. The SMILES string of the molecule is CN1CCC(Nc2ncc(-c3cnc4[nH]ccc4n3)c(NC3CCCN(S(C)(=O)=O)C3)n2)CC1. The maximum atomic E-state index is 12.1. The molecule has 5 rings (SSSR count). The summed E-state index contributed by atoms with van der Waals surface area (Å²) in [6, 6.07) is 2.14. The molecule has 0 spiro atoms. The van der Waals surface area contributed by atoms with Crippen molar-refractivity contribution in [3.8, 4) is 11.3 Å². The molecule has 0 aliphatic carbocycles. The number of rotatable bonds is 6. The van der Waals surface area contributed by atoms with Crippen LogP contribution in [0.4, 0.5) is 11.8 Å². The molecule has 182 valence electrons. The molecule has 0 bridgehead atoms. The number of fused-ring (bicyclic) bond motifs is 1. The monoisotopic (exact) mass is 485 g/mol. The van der Waals surface area contributed by atoms with E-state index < -0.39 is 10.0 Å². The predicted molar refractivity (Wildman–Crippen MR) is 132 cm³/mol. The first-order valence-electron chi connectivity index (χ1n) is 11.7. The van der Waals surface area contributed by atoms with Gasteiger partial charge in [0.25, 0.3) is 0 Å². The number of likely N-dealkylation sites (tertiary alicyclic amines) is 1. The number of H-pyrrole nitrogens is 1. The molecule has 12 heteroatoms. The van der Waals surface area contributed by atoms with Gasteiger partial charge in [-0.2, -0.15) is 4.98 Å². The van der Waals surface area contributed by atoms with Gasteiger partial charge in [0.05, 0.1) is 23.7 Å². The van der Waals surface area contributed by atoms with E-state index in [2.05, 4.69) is 37.5 Å². The molecule has 0 aromatic carbocycles. The van der Waals surface area contributed by atoms with E-state index in [1.165, 1.54) is 10.6 Å². The average Bonchev–Trinajstić information content (AvgIpc) is 3.28. The molecule has 1 unspecified atom stereocenters. The summed E-state index contributed by atoms with van der Waals surface area (Å²) in [7, 11) is -1.11. The zero-order valence-corrected chi connectivity index (χ0v) is 20.3. The maximum Gasteiger partial charge on any atom is 0.224 e. The standard InChI is InChI=1S/C22H31N9O2S/c1-30-10-6-15(7-11-30)27-22-25-12-17(19-13-24-21-18(28-19)5-8-23-21)20(29-22)26-16-4-3-9-31(14-16)34(2,32)33/h5,8,12-13,15-16H,3-4,6-7,9-11,14H2,1-2H3,(H,23,24)(H2,25,26,27,29). The number of hydrogen-bond acceptors (Lipinski definition) is 9. The Morgan fingerprint density at radius 1 is 1.03 bits per heavy atom. The van der Waals surface area contributed by atoms with Gasteiger partial charge in [-0.1, -0.05) is 0 Å². The summed E-state index contributed by atoms with van der Waals surface area (Å²) in [5.74, 6) is 1.20. The van der Waals surface area contributed by atoms with Crippen molar-refractivity contribution in [3.63, 3.8) is 0 Å². The highest BCUT2D eigenvalue weighted by atomic mass is 32.2. The molecule has 3 aromatic rings. The minimum absolute atomic E-state index is 0.0581. The maximum absolute atomic E-state index is 12.1. The van der Waals surface area contributed by atoms with Crippen LogP contribution in [0.5, 0.6) is 0 Å². The van der Waals surface area contributed by atoms with Crippen LogP contribution in [-0.4, -0.2) is 94.1 Å². The fourth-order valence-corrected chi connectivity index (χ4v) is 5.51. The van der Waals surface area contributed by atoms with Crippen LogP contribution in [0.3, 0.4) is 0 Å². The zero-order chi connectivity index (χ0) is 23.7. The van der Waals surface area contributed by atoms with Crippen molar-refractivity contribution < 1.29 is 8.42 Å². The Morgan fingerprint density at radius 2 is 1.85 bits per heavy atom. The number of nitrogens with zero attached hydrogens (tertiary/aromatic N) is 6. The average molecular weight is 486 g/mol. The van der Waals surface area contributed by atoms with Crippen molar-refractivity contribution in [3.05, 3.63) is 24.7 Å². The van der Waals surface area contributed by atoms with Crippen LogP contribution >= 0.6 is 0 Å². The first kappa shape index (κ1) is 22.9. The molecule has 3 N–H and O–H groups in total. The highest BCUT2D eigenvalue weighted by Crippen LogP contribution is 2.28. The summed E-state index contributed by atoms with van der Waals surface area (Å²) >= 11 is 0. The molecular formula is C22H31N9O2S. The lowest BCUT2D eigenvalue weighted by Crippen LogP contribution is -2.44. The highest BCUT2D eigenvalue weighted by molar-refractivity contribution is 7.88. The Labute approximate surface area is 199 Å². The molecule has 2 fully saturated rings. The molecule has 0 saturated carbocycles. The number of anilines is 2. The normalized spacial score (nSPS) is 21.1. The fraction of sp³-hybridized carbons (Fsp3) is 0.545. The lowest BCUT2D eigenvalue weighted by atomic mass is 10.1. The van der Waals surface area contributed by atoms with E-state index >= 15 is 0 Å². The quantitative estimate of drug-likeness (QED) is 0.478. The summed E-state index contributed by atoms with van der Waals surface area (Å²) in [5.41, 5.74) is 2.88. The second-order valence-corrected chi connectivity index (χ2v) is 11.2. The Morgan fingerprint density at radius 3 is 2.65 bits per heavy atom. The van der Waals surface area contributed by atoms with Crippen molar-refractivity contribution in [2.45, 2.75) is 37.8 Å². The predicted octanol–water partition coefficient (Wildman–Crippen LogP) is 1.76. The molecule has 2 aliphatic rings. The summed E-state index contributed by atoms with van der Waals surface area (Å²) in [6.07, 6.45) is 10.3. The van der Waals surface area contributed by atoms with Gasteiger partial charge >= 0.3 is 0 Å². The number of sulfonamides is 1. The first-order valence-corrected chi connectivity index (χ1v) is 13.5. The largest absolute Gasteiger partial charge is 0.365 e. The van der Waals surface area contributed by atoms with E-state index in [-0.39, 0.29) is 6.04 Å². The summed E-state index contributed by atoms with van der Waals surface area (Å²) in [4.78, 5) is 24.0. The molecule has 2 aliphatic heterocycles.